The number of amides is 1. The maximum atomic E-state index is 12.1. The normalized spacial score (nSPS) is 10.6. The number of hydrogen-bond acceptors (Lipinski definition) is 7. The molecule has 0 fully saturated rings. The lowest BCUT2D eigenvalue weighted by molar-refractivity contribution is -0.705. The first kappa shape index (κ1) is 18.4. The topological polar surface area (TPSA) is 125 Å². The molecule has 1 aromatic heterocycles. The van der Waals surface area contributed by atoms with E-state index in [1.54, 1.807) is 12.1 Å². The fraction of sp³-hybridized carbons (Fsp3) is 0.118. The lowest BCUT2D eigenvalue weighted by Gasteiger charge is -2.04. The molecule has 1 amide bonds. The van der Waals surface area contributed by atoms with E-state index < -0.39 is 10.9 Å². The smallest absolute Gasteiger partial charge is 0.298 e. The molecule has 0 aliphatic rings. The first-order valence-corrected chi connectivity index (χ1v) is 8.76. The van der Waals surface area contributed by atoms with Gasteiger partial charge in [0.15, 0.2) is 5.95 Å². The molecule has 0 spiro atoms. The Labute approximate surface area is 157 Å². The third-order valence-corrected chi connectivity index (χ3v) is 4.57. The Morgan fingerprint density at radius 1 is 1.22 bits per heavy atom. The predicted octanol–water partition coefficient (Wildman–Crippen LogP) is 1.97. The van der Waals surface area contributed by atoms with E-state index in [4.69, 9.17) is 4.52 Å². The van der Waals surface area contributed by atoms with Gasteiger partial charge in [0, 0.05) is 30.0 Å². The van der Waals surface area contributed by atoms with Gasteiger partial charge >= 0.3 is 0 Å². The van der Waals surface area contributed by atoms with Crippen molar-refractivity contribution in [1.82, 2.24) is 5.27 Å². The molecule has 2 aromatic carbocycles. The van der Waals surface area contributed by atoms with Crippen LogP contribution in [-0.4, -0.2) is 21.9 Å². The Morgan fingerprint density at radius 3 is 2.52 bits per heavy atom. The van der Waals surface area contributed by atoms with Crippen molar-refractivity contribution in [1.29, 1.82) is 0 Å². The summed E-state index contributed by atoms with van der Waals surface area (Å²) in [6.45, 7) is 1.94. The highest BCUT2D eigenvalue weighted by Crippen LogP contribution is 2.23. The van der Waals surface area contributed by atoms with E-state index in [0.717, 1.165) is 17.3 Å². The Balaban J connectivity index is 1.66. The molecular formula is C17H14N4O5S. The number of aryl methyl sites for hydroxylation is 1. The second-order valence-electron chi connectivity index (χ2n) is 5.55. The average Bonchev–Trinajstić information content (AvgIpc) is 3.01. The summed E-state index contributed by atoms with van der Waals surface area (Å²) < 4.78 is 6.05. The SMILES string of the molecule is Cc1ccc(-[n+]2noc([O-])c2SCC(=O)Nc2ccc([N+](=O)[O-])cc2)cc1. The highest BCUT2D eigenvalue weighted by atomic mass is 32.2. The number of aromatic nitrogens is 2. The van der Waals surface area contributed by atoms with E-state index >= 15 is 0 Å². The molecule has 3 aromatic rings. The number of nitrogens with one attached hydrogen (secondary N) is 1. The van der Waals surface area contributed by atoms with Gasteiger partial charge in [0.1, 0.15) is 0 Å². The van der Waals surface area contributed by atoms with Gasteiger partial charge in [0.2, 0.25) is 11.6 Å². The molecule has 0 radical (unpaired) electrons. The van der Waals surface area contributed by atoms with Crippen LogP contribution >= 0.6 is 11.8 Å². The third-order valence-electron chi connectivity index (χ3n) is 3.55. The number of anilines is 1. The fourth-order valence-corrected chi connectivity index (χ4v) is 2.96. The van der Waals surface area contributed by atoms with Gasteiger partial charge in [-0.15, -0.1) is 0 Å². The molecule has 27 heavy (non-hydrogen) atoms. The van der Waals surface area contributed by atoms with Gasteiger partial charge in [-0.1, -0.05) is 17.7 Å². The van der Waals surface area contributed by atoms with Crippen molar-refractivity contribution in [3.63, 3.8) is 0 Å². The number of hydrogen-bond donors (Lipinski definition) is 1. The minimum atomic E-state index is -0.635. The van der Waals surface area contributed by atoms with E-state index in [-0.39, 0.29) is 22.4 Å². The quantitative estimate of drug-likeness (QED) is 0.297. The zero-order valence-electron chi connectivity index (χ0n) is 14.1. The number of benzene rings is 2. The number of nitro benzene ring substituents is 1. The minimum absolute atomic E-state index is 0.0562. The predicted molar refractivity (Wildman–Crippen MR) is 94.7 cm³/mol. The lowest BCUT2D eigenvalue weighted by atomic mass is 10.2. The minimum Gasteiger partial charge on any atom is -0.538 e. The molecule has 3 rings (SSSR count). The number of nitro groups is 1. The number of non-ortho nitro benzene ring substituents is 1. The molecule has 138 valence electrons. The van der Waals surface area contributed by atoms with E-state index in [1.807, 2.05) is 19.1 Å². The second kappa shape index (κ2) is 7.87. The summed E-state index contributed by atoms with van der Waals surface area (Å²) in [4.78, 5) is 22.2. The van der Waals surface area contributed by atoms with Crippen LogP contribution in [0.1, 0.15) is 5.56 Å². The molecule has 1 heterocycles. The van der Waals surface area contributed by atoms with Gasteiger partial charge in [-0.25, -0.2) is 0 Å². The van der Waals surface area contributed by atoms with Gasteiger partial charge < -0.3 is 14.9 Å². The van der Waals surface area contributed by atoms with Crippen molar-refractivity contribution in [3.05, 3.63) is 64.2 Å². The number of thioether (sulfide) groups is 1. The maximum Gasteiger partial charge on any atom is 0.298 e. The molecular weight excluding hydrogens is 372 g/mol. The molecule has 0 unspecified atom stereocenters. The molecule has 0 saturated carbocycles. The number of rotatable bonds is 6. The maximum absolute atomic E-state index is 12.1. The lowest BCUT2D eigenvalue weighted by Crippen LogP contribution is -2.35. The number of carbonyl (C=O) groups is 1. The zero-order valence-corrected chi connectivity index (χ0v) is 14.9. The summed E-state index contributed by atoms with van der Waals surface area (Å²) >= 11 is 0.989. The van der Waals surface area contributed by atoms with Crippen molar-refractivity contribution < 1.29 is 24.0 Å². The van der Waals surface area contributed by atoms with Crippen molar-refractivity contribution in [2.75, 3.05) is 11.1 Å². The summed E-state index contributed by atoms with van der Waals surface area (Å²) in [6, 6.07) is 12.8. The highest BCUT2D eigenvalue weighted by Gasteiger charge is 2.22. The Morgan fingerprint density at radius 2 is 1.89 bits per heavy atom. The van der Waals surface area contributed by atoms with Crippen LogP contribution in [0.5, 0.6) is 5.95 Å². The van der Waals surface area contributed by atoms with E-state index in [0.29, 0.717) is 11.4 Å². The summed E-state index contributed by atoms with van der Waals surface area (Å²) in [7, 11) is 0. The molecule has 0 atom stereocenters. The summed E-state index contributed by atoms with van der Waals surface area (Å²) in [5, 5.41) is 29.0. The largest absolute Gasteiger partial charge is 0.538 e. The van der Waals surface area contributed by atoms with Crippen LogP contribution in [0.4, 0.5) is 11.4 Å². The van der Waals surface area contributed by atoms with E-state index in [1.165, 1.54) is 28.9 Å². The third kappa shape index (κ3) is 4.42. The molecule has 0 aliphatic heterocycles. The first-order valence-electron chi connectivity index (χ1n) is 7.77. The average molecular weight is 386 g/mol. The van der Waals surface area contributed by atoms with Gasteiger partial charge in [0.25, 0.3) is 10.7 Å². The second-order valence-corrected chi connectivity index (χ2v) is 6.52. The van der Waals surface area contributed by atoms with Crippen LogP contribution in [0.3, 0.4) is 0 Å². The van der Waals surface area contributed by atoms with Crippen LogP contribution in [-0.2, 0) is 4.79 Å². The zero-order chi connectivity index (χ0) is 19.4. The highest BCUT2D eigenvalue weighted by molar-refractivity contribution is 7.99. The standard InChI is InChI=1S/C17H14N4O5S/c1-11-2-6-13(7-3-11)20-16(17(23)26-19-20)27-10-15(22)18-12-4-8-14(9-5-12)21(24)25/h2-9H,10H2,1H3,(H-,18,19,22,23). The first-order chi connectivity index (χ1) is 12.9. The van der Waals surface area contributed by atoms with Crippen LogP contribution in [0, 0.1) is 17.0 Å². The van der Waals surface area contributed by atoms with Crippen molar-refractivity contribution in [2.45, 2.75) is 11.9 Å². The summed E-state index contributed by atoms with van der Waals surface area (Å²) in [6.07, 6.45) is 0. The van der Waals surface area contributed by atoms with Gasteiger partial charge in [-0.3, -0.25) is 14.9 Å². The van der Waals surface area contributed by atoms with Crippen molar-refractivity contribution in [2.24, 2.45) is 0 Å². The van der Waals surface area contributed by atoms with Crippen LogP contribution in [0.25, 0.3) is 5.69 Å². The number of nitrogens with zero attached hydrogens (tertiary/aromatic N) is 3. The van der Waals surface area contributed by atoms with Gasteiger partial charge in [-0.2, -0.15) is 0 Å². The molecule has 0 aliphatic carbocycles. The summed E-state index contributed by atoms with van der Waals surface area (Å²) in [5.74, 6) is -1.06. The number of carbonyl (C=O) groups excluding carboxylic acids is 1. The molecule has 0 saturated heterocycles. The monoisotopic (exact) mass is 386 g/mol. The molecule has 0 bridgehead atoms. The van der Waals surface area contributed by atoms with Crippen LogP contribution in [0.2, 0.25) is 0 Å². The molecule has 10 heteroatoms. The Bertz CT molecular complexity index is 970. The van der Waals surface area contributed by atoms with Crippen molar-refractivity contribution in [3.8, 4) is 11.6 Å². The molecule has 9 nitrogen and oxygen atoms in total. The van der Waals surface area contributed by atoms with Gasteiger partial charge in [-0.05, 0) is 35.5 Å². The van der Waals surface area contributed by atoms with Crippen LogP contribution < -0.4 is 15.1 Å². The van der Waals surface area contributed by atoms with E-state index in [9.17, 15) is 20.0 Å². The molecule has 1 N–H and O–H groups in total. The Hall–Kier alpha value is -3.40. The fourth-order valence-electron chi connectivity index (χ4n) is 2.21. The Kier molecular flexibility index (Phi) is 5.36. The van der Waals surface area contributed by atoms with Crippen LogP contribution in [0.15, 0.2) is 58.1 Å². The summed E-state index contributed by atoms with van der Waals surface area (Å²) in [5.41, 5.74) is 2.05. The van der Waals surface area contributed by atoms with E-state index in [2.05, 4.69) is 10.6 Å². The van der Waals surface area contributed by atoms with Crippen molar-refractivity contribution >= 4 is 29.0 Å². The van der Waals surface area contributed by atoms with Gasteiger partial charge in [0.05, 0.1) is 15.9 Å².